The zero-order valence-electron chi connectivity index (χ0n) is 9.31. The fourth-order valence-corrected chi connectivity index (χ4v) is 1.22. The first-order chi connectivity index (χ1) is 8.36. The van der Waals surface area contributed by atoms with Crippen LogP contribution in [0.15, 0.2) is 12.1 Å². The van der Waals surface area contributed by atoms with Crippen LogP contribution in [0.25, 0.3) is 0 Å². The summed E-state index contributed by atoms with van der Waals surface area (Å²) in [5.41, 5.74) is -1.89. The van der Waals surface area contributed by atoms with E-state index >= 15 is 0 Å². The van der Waals surface area contributed by atoms with Crippen molar-refractivity contribution in [2.24, 2.45) is 0 Å². The summed E-state index contributed by atoms with van der Waals surface area (Å²) in [6.45, 7) is 1.04. The number of hydrogen-bond acceptors (Lipinski definition) is 4. The maximum Gasteiger partial charge on any atom is 0.308 e. The Labute approximate surface area is 100 Å². The minimum atomic E-state index is -1.41. The molecular formula is C10H10F2N2O4. The molecule has 1 rings (SSSR count). The van der Waals surface area contributed by atoms with Crippen molar-refractivity contribution >= 4 is 11.6 Å². The Morgan fingerprint density at radius 3 is 2.67 bits per heavy atom. The Kier molecular flexibility index (Phi) is 4.27. The van der Waals surface area contributed by atoms with Crippen LogP contribution in [0.4, 0.5) is 14.5 Å². The number of nitrogens with zero attached hydrogens (tertiary/aromatic N) is 1. The molecule has 0 bridgehead atoms. The third kappa shape index (κ3) is 2.98. The predicted octanol–water partition coefficient (Wildman–Crippen LogP) is 0.984. The summed E-state index contributed by atoms with van der Waals surface area (Å²) in [6.07, 6.45) is 0. The number of carbonyl (C=O) groups excluding carboxylic acids is 1. The van der Waals surface area contributed by atoms with Gasteiger partial charge in [0.2, 0.25) is 5.82 Å². The van der Waals surface area contributed by atoms with Gasteiger partial charge in [-0.3, -0.25) is 14.9 Å². The van der Waals surface area contributed by atoms with Gasteiger partial charge in [-0.1, -0.05) is 0 Å². The van der Waals surface area contributed by atoms with Crippen LogP contribution in [0, 0.1) is 21.7 Å². The summed E-state index contributed by atoms with van der Waals surface area (Å²) in [4.78, 5) is 20.8. The maximum absolute atomic E-state index is 13.6. The summed E-state index contributed by atoms with van der Waals surface area (Å²) >= 11 is 0. The van der Waals surface area contributed by atoms with Crippen LogP contribution in [0.5, 0.6) is 0 Å². The number of nitrogens with one attached hydrogen (secondary N) is 1. The Morgan fingerprint density at radius 1 is 1.56 bits per heavy atom. The predicted molar refractivity (Wildman–Crippen MR) is 57.0 cm³/mol. The van der Waals surface area contributed by atoms with Crippen molar-refractivity contribution in [1.29, 1.82) is 0 Å². The van der Waals surface area contributed by atoms with Crippen molar-refractivity contribution in [3.8, 4) is 0 Å². The lowest BCUT2D eigenvalue weighted by atomic mass is 10.1. The van der Waals surface area contributed by atoms with E-state index in [4.69, 9.17) is 5.11 Å². The van der Waals surface area contributed by atoms with Gasteiger partial charge in [-0.15, -0.1) is 0 Å². The number of aliphatic hydroxyl groups is 1. The monoisotopic (exact) mass is 260 g/mol. The van der Waals surface area contributed by atoms with Gasteiger partial charge in [0.1, 0.15) is 5.82 Å². The molecule has 0 aliphatic rings. The summed E-state index contributed by atoms with van der Waals surface area (Å²) in [7, 11) is 0. The molecule has 0 radical (unpaired) electrons. The Morgan fingerprint density at radius 2 is 2.17 bits per heavy atom. The zero-order valence-corrected chi connectivity index (χ0v) is 9.31. The van der Waals surface area contributed by atoms with Gasteiger partial charge in [0, 0.05) is 6.04 Å². The van der Waals surface area contributed by atoms with Crippen LogP contribution in [-0.4, -0.2) is 28.6 Å². The van der Waals surface area contributed by atoms with Gasteiger partial charge < -0.3 is 10.4 Å². The number of nitro benzene ring substituents is 1. The highest BCUT2D eigenvalue weighted by Gasteiger charge is 2.24. The maximum atomic E-state index is 13.6. The number of amides is 1. The first-order valence-electron chi connectivity index (χ1n) is 4.92. The second-order valence-corrected chi connectivity index (χ2v) is 3.60. The lowest BCUT2D eigenvalue weighted by Gasteiger charge is -2.11. The quantitative estimate of drug-likeness (QED) is 0.623. The van der Waals surface area contributed by atoms with E-state index in [1.807, 2.05) is 0 Å². The molecule has 18 heavy (non-hydrogen) atoms. The second-order valence-electron chi connectivity index (χ2n) is 3.60. The summed E-state index contributed by atoms with van der Waals surface area (Å²) in [6, 6.07) is 0.266. The van der Waals surface area contributed by atoms with Crippen molar-refractivity contribution in [2.75, 3.05) is 6.61 Å². The third-order valence-electron chi connectivity index (χ3n) is 2.11. The van der Waals surface area contributed by atoms with Crippen molar-refractivity contribution in [3.05, 3.63) is 39.4 Å². The molecule has 0 fully saturated rings. The molecule has 0 heterocycles. The van der Waals surface area contributed by atoms with E-state index < -0.39 is 46.4 Å². The van der Waals surface area contributed by atoms with Gasteiger partial charge in [0.15, 0.2) is 0 Å². The molecule has 0 aliphatic carbocycles. The fraction of sp³-hybridized carbons (Fsp3) is 0.300. The lowest BCUT2D eigenvalue weighted by Crippen LogP contribution is -2.35. The van der Waals surface area contributed by atoms with E-state index in [0.29, 0.717) is 12.1 Å². The molecule has 2 N–H and O–H groups in total. The smallest absolute Gasteiger partial charge is 0.308 e. The van der Waals surface area contributed by atoms with E-state index in [1.165, 1.54) is 6.92 Å². The molecule has 0 aromatic heterocycles. The molecule has 0 spiro atoms. The summed E-state index contributed by atoms with van der Waals surface area (Å²) < 4.78 is 26.6. The average Bonchev–Trinajstić information content (AvgIpc) is 2.30. The fourth-order valence-electron chi connectivity index (χ4n) is 1.22. The van der Waals surface area contributed by atoms with Crippen LogP contribution in [0.2, 0.25) is 0 Å². The molecule has 1 atom stereocenters. The van der Waals surface area contributed by atoms with Crippen molar-refractivity contribution in [1.82, 2.24) is 5.32 Å². The van der Waals surface area contributed by atoms with Crippen LogP contribution in [-0.2, 0) is 0 Å². The zero-order chi connectivity index (χ0) is 13.9. The Hall–Kier alpha value is -2.09. The number of halogens is 2. The molecule has 0 saturated carbocycles. The summed E-state index contributed by atoms with van der Waals surface area (Å²) in [5, 5.41) is 21.3. The normalized spacial score (nSPS) is 12.0. The highest BCUT2D eigenvalue weighted by Crippen LogP contribution is 2.22. The van der Waals surface area contributed by atoms with Crippen molar-refractivity contribution in [2.45, 2.75) is 13.0 Å². The van der Waals surface area contributed by atoms with Gasteiger partial charge in [0.05, 0.1) is 23.2 Å². The third-order valence-corrected chi connectivity index (χ3v) is 2.11. The highest BCUT2D eigenvalue weighted by molar-refractivity contribution is 5.95. The Balaban J connectivity index is 3.16. The number of nitro groups is 1. The molecule has 6 nitrogen and oxygen atoms in total. The summed E-state index contributed by atoms with van der Waals surface area (Å²) in [5.74, 6) is -3.54. The van der Waals surface area contributed by atoms with Crippen LogP contribution < -0.4 is 5.32 Å². The topological polar surface area (TPSA) is 92.5 Å². The number of hydrogen-bond donors (Lipinski definition) is 2. The van der Waals surface area contributed by atoms with Gasteiger partial charge in [-0.05, 0) is 13.0 Å². The molecular weight excluding hydrogens is 250 g/mol. The number of rotatable bonds is 4. The lowest BCUT2D eigenvalue weighted by molar-refractivity contribution is -0.387. The van der Waals surface area contributed by atoms with Crippen molar-refractivity contribution < 1.29 is 23.6 Å². The number of aliphatic hydroxyl groups excluding tert-OH is 1. The standard InChI is InChI=1S/C10H10F2N2O4/c1-5(4-15)13-10(16)7-2-6(11)3-8(9(7)12)14(17)18/h2-3,5,15H,4H2,1H3,(H,13,16)/t5-/m0/s1. The van der Waals surface area contributed by atoms with Crippen LogP contribution in [0.3, 0.4) is 0 Å². The molecule has 8 heteroatoms. The van der Waals surface area contributed by atoms with E-state index in [0.717, 1.165) is 0 Å². The van der Waals surface area contributed by atoms with Gasteiger partial charge in [-0.2, -0.15) is 4.39 Å². The van der Waals surface area contributed by atoms with Gasteiger partial charge in [0.25, 0.3) is 5.91 Å². The SMILES string of the molecule is C[C@@H](CO)NC(=O)c1cc(F)cc([N+](=O)[O-])c1F. The van der Waals surface area contributed by atoms with Crippen molar-refractivity contribution in [3.63, 3.8) is 0 Å². The number of benzene rings is 1. The first-order valence-corrected chi connectivity index (χ1v) is 4.92. The van der Waals surface area contributed by atoms with Gasteiger partial charge in [-0.25, -0.2) is 4.39 Å². The molecule has 1 aromatic rings. The molecule has 98 valence electrons. The largest absolute Gasteiger partial charge is 0.394 e. The molecule has 0 saturated heterocycles. The minimum Gasteiger partial charge on any atom is -0.394 e. The molecule has 1 amide bonds. The minimum absolute atomic E-state index is 0.390. The Bertz CT molecular complexity index is 493. The number of carbonyl (C=O) groups is 1. The van der Waals surface area contributed by atoms with E-state index in [1.54, 1.807) is 0 Å². The average molecular weight is 260 g/mol. The van der Waals surface area contributed by atoms with Gasteiger partial charge >= 0.3 is 5.69 Å². The van der Waals surface area contributed by atoms with Crippen LogP contribution in [0.1, 0.15) is 17.3 Å². The first kappa shape index (κ1) is 14.0. The highest BCUT2D eigenvalue weighted by atomic mass is 19.1. The molecule has 0 unspecified atom stereocenters. The van der Waals surface area contributed by atoms with E-state index in [9.17, 15) is 23.7 Å². The second kappa shape index (κ2) is 5.50. The molecule has 0 aliphatic heterocycles. The van der Waals surface area contributed by atoms with Crippen LogP contribution >= 0.6 is 0 Å². The van der Waals surface area contributed by atoms with E-state index in [2.05, 4.69) is 5.32 Å². The van der Waals surface area contributed by atoms with E-state index in [-0.39, 0.29) is 0 Å². The molecule has 1 aromatic carbocycles.